The van der Waals surface area contributed by atoms with E-state index in [4.69, 9.17) is 5.90 Å². The van der Waals surface area contributed by atoms with Crippen LogP contribution < -0.4 is 5.90 Å². The molecular weight excluding hydrogens is 280 g/mol. The molecule has 5 nitrogen and oxygen atoms in total. The number of amides is 1. The van der Waals surface area contributed by atoms with Crippen LogP contribution in [0, 0.1) is 5.92 Å². The van der Waals surface area contributed by atoms with Crippen molar-refractivity contribution in [2.75, 3.05) is 13.1 Å². The molecule has 1 aliphatic heterocycles. The van der Waals surface area contributed by atoms with Gasteiger partial charge in [0.2, 0.25) is 5.91 Å². The third-order valence-corrected chi connectivity index (χ3v) is 4.13. The Morgan fingerprint density at radius 1 is 1.09 bits per heavy atom. The van der Waals surface area contributed by atoms with Gasteiger partial charge in [-0.25, -0.2) is 0 Å². The summed E-state index contributed by atoms with van der Waals surface area (Å²) in [7, 11) is 0. The monoisotopic (exact) mass is 304 g/mol. The zero-order valence-electron chi connectivity index (χ0n) is 12.9. The number of nitrogens with zero attached hydrogens (tertiary/aromatic N) is 1. The van der Waals surface area contributed by atoms with Crippen molar-refractivity contribution in [3.63, 3.8) is 0 Å². The van der Waals surface area contributed by atoms with Crippen LogP contribution in [0.25, 0.3) is 0 Å². The summed E-state index contributed by atoms with van der Waals surface area (Å²) in [6, 6.07) is 9.88. The van der Waals surface area contributed by atoms with Gasteiger partial charge in [0.15, 0.2) is 0 Å². The highest BCUT2D eigenvalue weighted by Gasteiger charge is 2.23. The van der Waals surface area contributed by atoms with Gasteiger partial charge in [0, 0.05) is 19.5 Å². The Labute approximate surface area is 131 Å². The summed E-state index contributed by atoms with van der Waals surface area (Å²) in [5.41, 5.74) is 1.11. The molecule has 0 bridgehead atoms. The molecule has 1 unspecified atom stereocenters. The van der Waals surface area contributed by atoms with Gasteiger partial charge in [0.25, 0.3) is 0 Å². The van der Waals surface area contributed by atoms with E-state index in [1.807, 2.05) is 35.2 Å². The van der Waals surface area contributed by atoms with Gasteiger partial charge in [-0.2, -0.15) is 5.90 Å². The fourth-order valence-corrected chi connectivity index (χ4v) is 2.97. The van der Waals surface area contributed by atoms with E-state index in [-0.39, 0.29) is 18.2 Å². The van der Waals surface area contributed by atoms with Gasteiger partial charge in [0.05, 0.1) is 6.42 Å². The first-order valence-electron chi connectivity index (χ1n) is 7.90. The number of nitrogens with two attached hydrogens (primary N) is 1. The minimum atomic E-state index is -0.465. The Hall–Kier alpha value is -1.88. The maximum Gasteiger partial charge on any atom is 0.324 e. The summed E-state index contributed by atoms with van der Waals surface area (Å²) < 4.78 is 0. The van der Waals surface area contributed by atoms with E-state index >= 15 is 0 Å². The second kappa shape index (κ2) is 8.54. The number of piperidine rings is 1. The van der Waals surface area contributed by atoms with Crippen molar-refractivity contribution in [3.8, 4) is 0 Å². The fourth-order valence-electron chi connectivity index (χ4n) is 2.97. The minimum absolute atomic E-state index is 0.0760. The molecule has 0 saturated carbocycles. The molecule has 1 atom stereocenters. The molecule has 1 aliphatic rings. The highest BCUT2D eigenvalue weighted by atomic mass is 16.7. The summed E-state index contributed by atoms with van der Waals surface area (Å²) in [6.07, 6.45) is 4.54. The van der Waals surface area contributed by atoms with Gasteiger partial charge in [-0.05, 0) is 37.2 Å². The van der Waals surface area contributed by atoms with Gasteiger partial charge in [-0.15, -0.1) is 0 Å². The molecule has 0 aromatic heterocycles. The largest absolute Gasteiger partial charge is 0.373 e. The van der Waals surface area contributed by atoms with Crippen LogP contribution in [0.15, 0.2) is 30.3 Å². The Bertz CT molecular complexity index is 484. The normalized spacial score (nSPS) is 16.1. The number of rotatable bonds is 6. The molecule has 22 heavy (non-hydrogen) atoms. The molecule has 1 aromatic rings. The quantitative estimate of drug-likeness (QED) is 0.816. The summed E-state index contributed by atoms with van der Waals surface area (Å²) in [6.45, 7) is 1.66. The molecule has 2 rings (SSSR count). The highest BCUT2D eigenvalue weighted by molar-refractivity contribution is 5.77. The first-order chi connectivity index (χ1) is 10.7. The Morgan fingerprint density at radius 2 is 1.77 bits per heavy atom. The van der Waals surface area contributed by atoms with E-state index in [1.165, 1.54) is 6.42 Å². The minimum Gasteiger partial charge on any atom is -0.373 e. The second-order valence-corrected chi connectivity index (χ2v) is 5.90. The van der Waals surface area contributed by atoms with Crippen LogP contribution in [0.3, 0.4) is 0 Å². The molecule has 0 radical (unpaired) electrons. The lowest BCUT2D eigenvalue weighted by Crippen LogP contribution is -2.37. The fraction of sp³-hybridized carbons (Fsp3) is 0.529. The van der Waals surface area contributed by atoms with Crippen LogP contribution >= 0.6 is 0 Å². The Kier molecular flexibility index (Phi) is 6.40. The number of hydrogen-bond acceptors (Lipinski definition) is 4. The summed E-state index contributed by atoms with van der Waals surface area (Å²) in [4.78, 5) is 30.1. The predicted molar refractivity (Wildman–Crippen MR) is 83.6 cm³/mol. The molecule has 1 saturated heterocycles. The van der Waals surface area contributed by atoms with Crippen molar-refractivity contribution in [1.29, 1.82) is 0 Å². The zero-order chi connectivity index (χ0) is 15.8. The van der Waals surface area contributed by atoms with Crippen molar-refractivity contribution in [2.45, 2.75) is 38.5 Å². The molecule has 1 aromatic carbocycles. The van der Waals surface area contributed by atoms with Crippen molar-refractivity contribution in [1.82, 2.24) is 4.90 Å². The van der Waals surface area contributed by atoms with Crippen LogP contribution in [0.2, 0.25) is 0 Å². The lowest BCUT2D eigenvalue weighted by molar-refractivity contribution is -0.145. The van der Waals surface area contributed by atoms with E-state index in [0.717, 1.165) is 31.5 Å². The third kappa shape index (κ3) is 5.15. The zero-order valence-corrected chi connectivity index (χ0v) is 12.9. The van der Waals surface area contributed by atoms with Gasteiger partial charge in [-0.3, -0.25) is 9.59 Å². The Morgan fingerprint density at radius 3 is 2.41 bits per heavy atom. The van der Waals surface area contributed by atoms with Gasteiger partial charge in [0.1, 0.15) is 0 Å². The van der Waals surface area contributed by atoms with E-state index < -0.39 is 5.97 Å². The Balaban J connectivity index is 1.97. The van der Waals surface area contributed by atoms with Crippen LogP contribution in [0.1, 0.15) is 37.7 Å². The lowest BCUT2D eigenvalue weighted by Gasteiger charge is -2.28. The molecule has 5 heteroatoms. The van der Waals surface area contributed by atoms with Gasteiger partial charge in [-0.1, -0.05) is 30.3 Å². The molecule has 1 fully saturated rings. The maximum atomic E-state index is 12.4. The summed E-state index contributed by atoms with van der Waals surface area (Å²) >= 11 is 0. The standard InChI is InChI=1S/C17H24N2O3/c18-22-17(21)13-15(11-14-7-3-1-4-8-14)12-16(20)19-9-5-2-6-10-19/h1,3-4,7-8,15H,2,5-6,9-13,18H2. The number of hydrogen-bond donors (Lipinski definition) is 1. The summed E-state index contributed by atoms with van der Waals surface area (Å²) in [5, 5.41) is 0. The van der Waals surface area contributed by atoms with E-state index in [9.17, 15) is 9.59 Å². The van der Waals surface area contributed by atoms with E-state index in [1.54, 1.807) is 0 Å². The van der Waals surface area contributed by atoms with Crippen LogP contribution in [0.5, 0.6) is 0 Å². The number of likely N-dealkylation sites (tertiary alicyclic amines) is 1. The number of carbonyl (C=O) groups excluding carboxylic acids is 2. The van der Waals surface area contributed by atoms with Crippen LogP contribution in [-0.2, 0) is 20.8 Å². The van der Waals surface area contributed by atoms with E-state index in [2.05, 4.69) is 4.84 Å². The van der Waals surface area contributed by atoms with E-state index in [0.29, 0.717) is 12.8 Å². The average molecular weight is 304 g/mol. The number of benzene rings is 1. The van der Waals surface area contributed by atoms with Crippen molar-refractivity contribution >= 4 is 11.9 Å². The van der Waals surface area contributed by atoms with Crippen molar-refractivity contribution in [3.05, 3.63) is 35.9 Å². The van der Waals surface area contributed by atoms with Crippen molar-refractivity contribution in [2.24, 2.45) is 11.8 Å². The average Bonchev–Trinajstić information content (AvgIpc) is 2.56. The second-order valence-electron chi connectivity index (χ2n) is 5.90. The van der Waals surface area contributed by atoms with Crippen LogP contribution in [0.4, 0.5) is 0 Å². The SMILES string of the molecule is NOC(=O)CC(CC(=O)N1CCCCC1)Cc1ccccc1. The molecule has 2 N–H and O–H groups in total. The van der Waals surface area contributed by atoms with Crippen LogP contribution in [-0.4, -0.2) is 29.9 Å². The molecule has 0 spiro atoms. The smallest absolute Gasteiger partial charge is 0.324 e. The summed E-state index contributed by atoms with van der Waals surface area (Å²) in [5.74, 6) is 4.53. The maximum absolute atomic E-state index is 12.4. The molecule has 1 amide bonds. The third-order valence-electron chi connectivity index (χ3n) is 4.13. The first kappa shape index (κ1) is 16.5. The topological polar surface area (TPSA) is 72.6 Å². The highest BCUT2D eigenvalue weighted by Crippen LogP contribution is 2.19. The van der Waals surface area contributed by atoms with Gasteiger partial charge < -0.3 is 9.74 Å². The van der Waals surface area contributed by atoms with Crippen molar-refractivity contribution < 1.29 is 14.4 Å². The predicted octanol–water partition coefficient (Wildman–Crippen LogP) is 2.05. The lowest BCUT2D eigenvalue weighted by atomic mass is 9.92. The molecule has 0 aliphatic carbocycles. The molecular formula is C17H24N2O3. The molecule has 120 valence electrons. The number of carbonyl (C=O) groups is 2. The van der Waals surface area contributed by atoms with Gasteiger partial charge >= 0.3 is 5.97 Å². The first-order valence-corrected chi connectivity index (χ1v) is 7.90. The molecule has 1 heterocycles.